The highest BCUT2D eigenvalue weighted by atomic mass is 16.4. The quantitative estimate of drug-likeness (QED) is 0.324. The zero-order chi connectivity index (χ0) is 13.5. The van der Waals surface area contributed by atoms with Gasteiger partial charge in [-0.05, 0) is 12.3 Å². The second-order valence-electron chi connectivity index (χ2n) is 5.30. The van der Waals surface area contributed by atoms with Crippen molar-refractivity contribution in [3.63, 3.8) is 0 Å². The number of amidine groups is 1. The Bertz CT molecular complexity index is 262. The summed E-state index contributed by atoms with van der Waals surface area (Å²) in [5.74, 6) is 1.11. The second-order valence-corrected chi connectivity index (χ2v) is 5.30. The maximum absolute atomic E-state index is 8.80. The molecule has 0 aromatic carbocycles. The normalized spacial score (nSPS) is 22.9. The van der Waals surface area contributed by atoms with E-state index >= 15 is 0 Å². The van der Waals surface area contributed by atoms with Gasteiger partial charge in [0.15, 0.2) is 5.84 Å². The molecule has 18 heavy (non-hydrogen) atoms. The highest BCUT2D eigenvalue weighted by Crippen LogP contribution is 2.12. The Morgan fingerprint density at radius 3 is 2.28 bits per heavy atom. The Morgan fingerprint density at radius 2 is 1.83 bits per heavy atom. The first-order valence-electron chi connectivity index (χ1n) is 7.06. The molecule has 0 saturated carbocycles. The van der Waals surface area contributed by atoms with Gasteiger partial charge in [-0.15, -0.1) is 0 Å². The molecule has 0 spiro atoms. The molecule has 5 nitrogen and oxygen atoms in total. The molecule has 0 bridgehead atoms. The topological polar surface area (TPSA) is 65.1 Å². The van der Waals surface area contributed by atoms with E-state index < -0.39 is 0 Å². The first-order chi connectivity index (χ1) is 8.62. The molecule has 0 aliphatic carbocycles. The SMILES string of the molecule is CCC(C)CN1CCN(C(CC)C(N)=NO)CC1. The molecule has 1 aliphatic heterocycles. The van der Waals surface area contributed by atoms with Crippen LogP contribution < -0.4 is 5.73 Å². The predicted molar refractivity (Wildman–Crippen MR) is 75.0 cm³/mol. The zero-order valence-corrected chi connectivity index (χ0v) is 12.0. The third kappa shape index (κ3) is 4.14. The Balaban J connectivity index is 2.42. The van der Waals surface area contributed by atoms with Crippen LogP contribution in [0.3, 0.4) is 0 Å². The molecule has 2 unspecified atom stereocenters. The summed E-state index contributed by atoms with van der Waals surface area (Å²) in [6.07, 6.45) is 2.13. The minimum Gasteiger partial charge on any atom is -0.409 e. The summed E-state index contributed by atoms with van der Waals surface area (Å²) in [6, 6.07) is 0.0840. The Morgan fingerprint density at radius 1 is 1.22 bits per heavy atom. The van der Waals surface area contributed by atoms with Gasteiger partial charge in [0.05, 0.1) is 6.04 Å². The van der Waals surface area contributed by atoms with Gasteiger partial charge in [0.25, 0.3) is 0 Å². The fourth-order valence-corrected chi connectivity index (χ4v) is 2.55. The number of piperazine rings is 1. The Labute approximate surface area is 111 Å². The minimum absolute atomic E-state index is 0.0840. The van der Waals surface area contributed by atoms with Crippen molar-refractivity contribution in [1.29, 1.82) is 0 Å². The van der Waals surface area contributed by atoms with Crippen LogP contribution in [0.25, 0.3) is 0 Å². The molecule has 106 valence electrons. The summed E-state index contributed by atoms with van der Waals surface area (Å²) in [5.41, 5.74) is 5.74. The van der Waals surface area contributed by atoms with E-state index in [1.54, 1.807) is 0 Å². The average molecular weight is 256 g/mol. The number of oxime groups is 1. The standard InChI is InChI=1S/C13H28N4O/c1-4-11(3)10-16-6-8-17(9-7-16)12(5-2)13(14)15-18/h11-12,18H,4-10H2,1-3H3,(H2,14,15). The molecule has 0 aromatic heterocycles. The number of nitrogens with two attached hydrogens (primary N) is 1. The van der Waals surface area contributed by atoms with E-state index in [0.717, 1.165) is 38.5 Å². The number of rotatable bonds is 6. The van der Waals surface area contributed by atoms with Gasteiger partial charge in [-0.1, -0.05) is 32.3 Å². The van der Waals surface area contributed by atoms with Crippen LogP contribution in [0.5, 0.6) is 0 Å². The maximum atomic E-state index is 8.80. The van der Waals surface area contributed by atoms with E-state index in [2.05, 4.69) is 35.7 Å². The van der Waals surface area contributed by atoms with Gasteiger partial charge in [-0.25, -0.2) is 0 Å². The molecular formula is C13H28N4O. The van der Waals surface area contributed by atoms with Crippen LogP contribution in [0, 0.1) is 5.92 Å². The van der Waals surface area contributed by atoms with E-state index in [9.17, 15) is 0 Å². The molecule has 1 heterocycles. The van der Waals surface area contributed by atoms with Gasteiger partial charge < -0.3 is 15.8 Å². The molecule has 1 saturated heterocycles. The van der Waals surface area contributed by atoms with Crippen molar-refractivity contribution in [2.24, 2.45) is 16.8 Å². The fourth-order valence-electron chi connectivity index (χ4n) is 2.55. The summed E-state index contributed by atoms with van der Waals surface area (Å²) in [5, 5.41) is 12.0. The molecule has 3 N–H and O–H groups in total. The number of hydrogen-bond donors (Lipinski definition) is 2. The second kappa shape index (κ2) is 7.59. The lowest BCUT2D eigenvalue weighted by Gasteiger charge is -2.39. The van der Waals surface area contributed by atoms with Crippen molar-refractivity contribution in [3.8, 4) is 0 Å². The molecule has 1 rings (SSSR count). The van der Waals surface area contributed by atoms with Crippen LogP contribution in [-0.2, 0) is 0 Å². The van der Waals surface area contributed by atoms with Crippen LogP contribution in [-0.4, -0.2) is 59.6 Å². The lowest BCUT2D eigenvalue weighted by atomic mass is 10.1. The lowest BCUT2D eigenvalue weighted by Crippen LogP contribution is -2.54. The van der Waals surface area contributed by atoms with Crippen molar-refractivity contribution in [1.82, 2.24) is 9.80 Å². The summed E-state index contributed by atoms with van der Waals surface area (Å²) in [6.45, 7) is 12.0. The minimum atomic E-state index is 0.0840. The molecule has 0 radical (unpaired) electrons. The molecular weight excluding hydrogens is 228 g/mol. The largest absolute Gasteiger partial charge is 0.409 e. The first-order valence-corrected chi connectivity index (χ1v) is 7.06. The third-order valence-corrected chi connectivity index (χ3v) is 3.96. The van der Waals surface area contributed by atoms with E-state index in [1.165, 1.54) is 13.0 Å². The molecule has 1 fully saturated rings. The molecule has 0 amide bonds. The number of hydrogen-bond acceptors (Lipinski definition) is 4. The van der Waals surface area contributed by atoms with Crippen molar-refractivity contribution >= 4 is 5.84 Å². The van der Waals surface area contributed by atoms with Gasteiger partial charge >= 0.3 is 0 Å². The van der Waals surface area contributed by atoms with E-state index in [-0.39, 0.29) is 6.04 Å². The van der Waals surface area contributed by atoms with Gasteiger partial charge in [0, 0.05) is 32.7 Å². The number of nitrogens with zero attached hydrogens (tertiary/aromatic N) is 3. The lowest BCUT2D eigenvalue weighted by molar-refractivity contribution is 0.103. The Kier molecular flexibility index (Phi) is 6.43. The smallest absolute Gasteiger partial charge is 0.156 e. The summed E-state index contributed by atoms with van der Waals surface area (Å²) < 4.78 is 0. The van der Waals surface area contributed by atoms with Crippen LogP contribution >= 0.6 is 0 Å². The highest BCUT2D eigenvalue weighted by Gasteiger charge is 2.25. The summed E-state index contributed by atoms with van der Waals surface area (Å²) >= 11 is 0. The molecule has 1 aliphatic rings. The molecule has 5 heteroatoms. The summed E-state index contributed by atoms with van der Waals surface area (Å²) in [7, 11) is 0. The average Bonchev–Trinajstić information content (AvgIpc) is 2.41. The van der Waals surface area contributed by atoms with Gasteiger partial charge in [0.2, 0.25) is 0 Å². The van der Waals surface area contributed by atoms with E-state index in [1.807, 2.05) is 0 Å². The van der Waals surface area contributed by atoms with Crippen LogP contribution in [0.1, 0.15) is 33.6 Å². The van der Waals surface area contributed by atoms with Gasteiger partial charge in [0.1, 0.15) is 0 Å². The predicted octanol–water partition coefficient (Wildman–Crippen LogP) is 1.18. The fraction of sp³-hybridized carbons (Fsp3) is 0.923. The van der Waals surface area contributed by atoms with Gasteiger partial charge in [-0.3, -0.25) is 4.90 Å². The monoisotopic (exact) mass is 256 g/mol. The van der Waals surface area contributed by atoms with E-state index in [0.29, 0.717) is 5.84 Å². The van der Waals surface area contributed by atoms with Crippen LogP contribution in [0.15, 0.2) is 5.16 Å². The zero-order valence-electron chi connectivity index (χ0n) is 12.0. The van der Waals surface area contributed by atoms with Crippen molar-refractivity contribution < 1.29 is 5.21 Å². The van der Waals surface area contributed by atoms with Crippen LogP contribution in [0.2, 0.25) is 0 Å². The van der Waals surface area contributed by atoms with Crippen molar-refractivity contribution in [2.75, 3.05) is 32.7 Å². The molecule has 0 aromatic rings. The van der Waals surface area contributed by atoms with Crippen LogP contribution in [0.4, 0.5) is 0 Å². The molecule has 2 atom stereocenters. The van der Waals surface area contributed by atoms with Gasteiger partial charge in [-0.2, -0.15) is 0 Å². The highest BCUT2D eigenvalue weighted by molar-refractivity contribution is 5.85. The maximum Gasteiger partial charge on any atom is 0.156 e. The third-order valence-electron chi connectivity index (χ3n) is 3.96. The van der Waals surface area contributed by atoms with Crippen molar-refractivity contribution in [3.05, 3.63) is 0 Å². The Hall–Kier alpha value is -0.810. The first kappa shape index (κ1) is 15.2. The summed E-state index contributed by atoms with van der Waals surface area (Å²) in [4.78, 5) is 4.84. The van der Waals surface area contributed by atoms with E-state index in [4.69, 9.17) is 10.9 Å². The van der Waals surface area contributed by atoms with Crippen molar-refractivity contribution in [2.45, 2.75) is 39.7 Å².